The number of nitrogens with zero attached hydrogens (tertiary/aromatic N) is 2. The summed E-state index contributed by atoms with van der Waals surface area (Å²) in [7, 11) is 4.27. The fraction of sp³-hybridized carbons (Fsp3) is 0.333. The van der Waals surface area contributed by atoms with E-state index in [4.69, 9.17) is 4.98 Å². The monoisotopic (exact) mass is 368 g/mol. The first-order valence-corrected chi connectivity index (χ1v) is 9.81. The molecule has 3 rings (SSSR count). The van der Waals surface area contributed by atoms with E-state index >= 15 is 0 Å². The highest BCUT2D eigenvalue weighted by Crippen LogP contribution is 2.31. The lowest BCUT2D eigenvalue weighted by Crippen LogP contribution is -3.05. The van der Waals surface area contributed by atoms with Crippen LogP contribution >= 0.6 is 11.3 Å². The van der Waals surface area contributed by atoms with Gasteiger partial charge in [-0.05, 0) is 37.6 Å². The number of hydrogen-bond acceptors (Lipinski definition) is 3. The molecule has 0 spiro atoms. The fourth-order valence-electron chi connectivity index (χ4n) is 3.00. The van der Waals surface area contributed by atoms with Crippen molar-refractivity contribution in [1.29, 1.82) is 0 Å². The molecule has 1 N–H and O–H groups in total. The lowest BCUT2D eigenvalue weighted by Gasteiger charge is -2.20. The van der Waals surface area contributed by atoms with Crippen molar-refractivity contribution in [2.24, 2.45) is 0 Å². The minimum absolute atomic E-state index is 0.0270. The van der Waals surface area contributed by atoms with Crippen LogP contribution in [0, 0.1) is 13.8 Å². The molecular formula is C21H26N3OS+. The molecule has 3 aromatic rings. The van der Waals surface area contributed by atoms with Crippen molar-refractivity contribution in [3.05, 3.63) is 59.2 Å². The molecule has 0 aliphatic heterocycles. The van der Waals surface area contributed by atoms with E-state index in [1.807, 2.05) is 42.2 Å². The zero-order valence-corrected chi connectivity index (χ0v) is 16.7. The average Bonchev–Trinajstić information content (AvgIpc) is 3.03. The Labute approximate surface area is 159 Å². The highest BCUT2D eigenvalue weighted by atomic mass is 32.1. The van der Waals surface area contributed by atoms with Crippen molar-refractivity contribution >= 4 is 32.6 Å². The van der Waals surface area contributed by atoms with Gasteiger partial charge in [0.05, 0.1) is 30.9 Å². The van der Waals surface area contributed by atoms with E-state index in [9.17, 15) is 4.79 Å². The predicted molar refractivity (Wildman–Crippen MR) is 110 cm³/mol. The van der Waals surface area contributed by atoms with Gasteiger partial charge in [-0.15, -0.1) is 0 Å². The number of fused-ring (bicyclic) bond motifs is 1. The molecule has 1 aromatic heterocycles. The number of carbonyl (C=O) groups is 1. The van der Waals surface area contributed by atoms with Crippen LogP contribution in [0.15, 0.2) is 42.5 Å². The number of thiazole rings is 1. The van der Waals surface area contributed by atoms with E-state index in [-0.39, 0.29) is 5.91 Å². The summed E-state index contributed by atoms with van der Waals surface area (Å²) in [6.07, 6.45) is 0.939. The normalized spacial score (nSPS) is 11.3. The van der Waals surface area contributed by atoms with Crippen LogP contribution in [0.1, 0.15) is 27.9 Å². The average molecular weight is 369 g/mol. The Morgan fingerprint density at radius 3 is 2.62 bits per heavy atom. The van der Waals surface area contributed by atoms with E-state index in [0.29, 0.717) is 6.54 Å². The molecule has 0 bridgehead atoms. The van der Waals surface area contributed by atoms with Gasteiger partial charge in [0.2, 0.25) is 0 Å². The summed E-state index contributed by atoms with van der Waals surface area (Å²) in [5, 5.41) is 0.787. The van der Waals surface area contributed by atoms with Crippen LogP contribution in [0.3, 0.4) is 0 Å². The van der Waals surface area contributed by atoms with E-state index in [1.165, 1.54) is 4.90 Å². The molecule has 0 aliphatic carbocycles. The summed E-state index contributed by atoms with van der Waals surface area (Å²) in [6.45, 7) is 5.77. The molecular weight excluding hydrogens is 342 g/mol. The number of hydrogen-bond donors (Lipinski definition) is 1. The van der Waals surface area contributed by atoms with Crippen molar-refractivity contribution in [3.63, 3.8) is 0 Å². The Bertz CT molecular complexity index is 917. The molecule has 0 saturated heterocycles. The third kappa shape index (κ3) is 4.11. The summed E-state index contributed by atoms with van der Waals surface area (Å²) in [5.41, 5.74) is 3.95. The zero-order valence-electron chi connectivity index (χ0n) is 15.9. The van der Waals surface area contributed by atoms with Gasteiger partial charge in [0.15, 0.2) is 5.13 Å². The van der Waals surface area contributed by atoms with Crippen molar-refractivity contribution in [1.82, 2.24) is 4.98 Å². The van der Waals surface area contributed by atoms with Crippen LogP contribution in [-0.2, 0) is 0 Å². The van der Waals surface area contributed by atoms with Crippen LogP contribution in [0.4, 0.5) is 5.13 Å². The molecule has 4 nitrogen and oxygen atoms in total. The van der Waals surface area contributed by atoms with Crippen molar-refractivity contribution < 1.29 is 9.69 Å². The van der Waals surface area contributed by atoms with Crippen molar-refractivity contribution in [3.8, 4) is 0 Å². The van der Waals surface area contributed by atoms with E-state index in [1.54, 1.807) is 11.3 Å². The number of benzene rings is 2. The largest absolute Gasteiger partial charge is 0.340 e. The second-order valence-corrected chi connectivity index (χ2v) is 8.06. The minimum Gasteiger partial charge on any atom is -0.340 e. The van der Waals surface area contributed by atoms with Gasteiger partial charge in [0.25, 0.3) is 5.91 Å². The van der Waals surface area contributed by atoms with Gasteiger partial charge < -0.3 is 4.90 Å². The van der Waals surface area contributed by atoms with Gasteiger partial charge in [0, 0.05) is 18.5 Å². The van der Waals surface area contributed by atoms with E-state index < -0.39 is 0 Å². The summed E-state index contributed by atoms with van der Waals surface area (Å²) in [6, 6.07) is 14.0. The number of quaternary nitrogens is 1. The molecule has 0 unspecified atom stereocenters. The molecule has 0 atom stereocenters. The quantitative estimate of drug-likeness (QED) is 0.726. The number of nitrogens with one attached hydrogen (secondary N) is 1. The van der Waals surface area contributed by atoms with Gasteiger partial charge >= 0.3 is 0 Å². The molecule has 136 valence electrons. The zero-order chi connectivity index (χ0) is 18.7. The fourth-order valence-corrected chi connectivity index (χ4v) is 4.07. The Balaban J connectivity index is 1.96. The summed E-state index contributed by atoms with van der Waals surface area (Å²) in [4.78, 5) is 21.2. The van der Waals surface area contributed by atoms with Crippen molar-refractivity contribution in [2.75, 3.05) is 32.1 Å². The molecule has 26 heavy (non-hydrogen) atoms. The number of amides is 1. The Hall–Kier alpha value is -2.24. The van der Waals surface area contributed by atoms with Crippen LogP contribution in [0.2, 0.25) is 0 Å². The third-order valence-corrected chi connectivity index (χ3v) is 5.45. The lowest BCUT2D eigenvalue weighted by molar-refractivity contribution is -0.858. The van der Waals surface area contributed by atoms with Gasteiger partial charge in [-0.3, -0.25) is 9.69 Å². The van der Waals surface area contributed by atoms with E-state index in [2.05, 4.69) is 33.2 Å². The Morgan fingerprint density at radius 2 is 1.92 bits per heavy atom. The maximum absolute atomic E-state index is 13.2. The van der Waals surface area contributed by atoms with E-state index in [0.717, 1.165) is 45.0 Å². The second kappa shape index (κ2) is 7.98. The summed E-state index contributed by atoms with van der Waals surface area (Å²) in [5.74, 6) is 0.0270. The van der Waals surface area contributed by atoms with Crippen molar-refractivity contribution in [2.45, 2.75) is 20.3 Å². The third-order valence-electron chi connectivity index (χ3n) is 4.41. The van der Waals surface area contributed by atoms with Crippen LogP contribution in [0.5, 0.6) is 0 Å². The molecule has 5 heteroatoms. The van der Waals surface area contributed by atoms with Gasteiger partial charge in [-0.2, -0.15) is 0 Å². The molecule has 0 aliphatic rings. The first kappa shape index (κ1) is 18.5. The first-order chi connectivity index (χ1) is 12.5. The standard InChI is InChI=1S/C21H25N3OS/c1-15-8-5-10-17(14-15)20(25)24(13-7-12-23(3)4)21-22-19-16(2)9-6-11-18(19)26-21/h5-6,8-11,14H,7,12-13H2,1-4H3/p+1. The number of aryl methyl sites for hydroxylation is 2. The van der Waals surface area contributed by atoms with Gasteiger partial charge in [0.1, 0.15) is 0 Å². The lowest BCUT2D eigenvalue weighted by atomic mass is 10.1. The SMILES string of the molecule is Cc1cccc(C(=O)N(CCC[NH+](C)C)c2nc3c(C)cccc3s2)c1. The maximum atomic E-state index is 13.2. The van der Waals surface area contributed by atoms with Gasteiger partial charge in [-0.25, -0.2) is 4.98 Å². The highest BCUT2D eigenvalue weighted by Gasteiger charge is 2.22. The first-order valence-electron chi connectivity index (χ1n) is 8.99. The number of rotatable bonds is 6. The van der Waals surface area contributed by atoms with Crippen LogP contribution < -0.4 is 9.80 Å². The highest BCUT2D eigenvalue weighted by molar-refractivity contribution is 7.22. The molecule has 2 aromatic carbocycles. The maximum Gasteiger partial charge on any atom is 0.260 e. The van der Waals surface area contributed by atoms with Crippen LogP contribution in [0.25, 0.3) is 10.2 Å². The van der Waals surface area contributed by atoms with Crippen LogP contribution in [-0.4, -0.2) is 38.1 Å². The number of para-hydroxylation sites is 1. The number of aromatic nitrogens is 1. The molecule has 0 saturated carbocycles. The minimum atomic E-state index is 0.0270. The van der Waals surface area contributed by atoms with Gasteiger partial charge in [-0.1, -0.05) is 41.2 Å². The smallest absolute Gasteiger partial charge is 0.260 e. The predicted octanol–water partition coefficient (Wildman–Crippen LogP) is 3.09. The number of anilines is 1. The topological polar surface area (TPSA) is 37.6 Å². The number of carbonyl (C=O) groups excluding carboxylic acids is 1. The second-order valence-electron chi connectivity index (χ2n) is 7.06. The molecule has 0 radical (unpaired) electrons. The Morgan fingerprint density at radius 1 is 1.15 bits per heavy atom. The Kier molecular flexibility index (Phi) is 5.69. The summed E-state index contributed by atoms with van der Waals surface area (Å²) < 4.78 is 1.13. The summed E-state index contributed by atoms with van der Waals surface area (Å²) >= 11 is 1.59. The molecule has 0 fully saturated rings. The molecule has 1 heterocycles. The molecule has 1 amide bonds.